The lowest BCUT2D eigenvalue weighted by molar-refractivity contribution is -0.148. The minimum Gasteiger partial charge on any atom is -0.355 e. The maximum Gasteiger partial charge on any atom is 0.433 e. The molecular weight excluding hydrogens is 522 g/mol. The Morgan fingerprint density at radius 2 is 1.73 bits per heavy atom. The molecule has 1 aromatic carbocycles. The number of aromatic nitrogens is 4. The zero-order valence-corrected chi connectivity index (χ0v) is 20.1. The number of nitrogens with zero attached hydrogens (tertiary/aromatic N) is 6. The molecule has 4 heterocycles. The Labute approximate surface area is 212 Å². The smallest absolute Gasteiger partial charge is 0.355 e. The van der Waals surface area contributed by atoms with Crippen molar-refractivity contribution in [2.45, 2.75) is 44.2 Å². The molecule has 1 saturated carbocycles. The summed E-state index contributed by atoms with van der Waals surface area (Å²) in [6.45, 7) is 0.166. The number of benzene rings is 1. The number of fused-ring (bicyclic) bond motifs is 3. The van der Waals surface area contributed by atoms with E-state index in [1.54, 1.807) is 24.3 Å². The van der Waals surface area contributed by atoms with Crippen molar-refractivity contribution in [3.8, 4) is 5.69 Å². The van der Waals surface area contributed by atoms with E-state index < -0.39 is 24.6 Å². The van der Waals surface area contributed by atoms with Gasteiger partial charge in [-0.15, -0.1) is 10.2 Å². The lowest BCUT2D eigenvalue weighted by atomic mass is 9.57. The Hall–Kier alpha value is -2.86. The van der Waals surface area contributed by atoms with Crippen molar-refractivity contribution in [2.24, 2.45) is 5.41 Å². The van der Waals surface area contributed by atoms with E-state index in [9.17, 15) is 26.3 Å². The van der Waals surface area contributed by atoms with E-state index in [2.05, 4.69) is 15.2 Å². The summed E-state index contributed by atoms with van der Waals surface area (Å²) in [6.07, 6.45) is -7.34. The predicted molar refractivity (Wildman–Crippen MR) is 122 cm³/mol. The number of pyridine rings is 1. The zero-order chi connectivity index (χ0) is 26.2. The molecule has 2 fully saturated rings. The molecule has 13 heteroatoms. The van der Waals surface area contributed by atoms with Gasteiger partial charge in [0.15, 0.2) is 5.82 Å². The van der Waals surface area contributed by atoms with Crippen LogP contribution in [0.4, 0.5) is 32.2 Å². The predicted octanol–water partition coefficient (Wildman–Crippen LogP) is 5.60. The van der Waals surface area contributed by atoms with Crippen LogP contribution in [0.15, 0.2) is 36.4 Å². The van der Waals surface area contributed by atoms with Gasteiger partial charge in [0.05, 0.1) is 18.8 Å². The van der Waals surface area contributed by atoms with Crippen molar-refractivity contribution >= 4 is 17.4 Å². The van der Waals surface area contributed by atoms with Gasteiger partial charge >= 0.3 is 12.4 Å². The van der Waals surface area contributed by atoms with Crippen molar-refractivity contribution in [1.82, 2.24) is 24.6 Å². The number of halogens is 7. The molecule has 3 aromatic rings. The van der Waals surface area contributed by atoms with Crippen molar-refractivity contribution in [3.05, 3.63) is 64.3 Å². The van der Waals surface area contributed by atoms with Gasteiger partial charge in [0, 0.05) is 36.0 Å². The van der Waals surface area contributed by atoms with E-state index in [4.69, 9.17) is 11.6 Å². The van der Waals surface area contributed by atoms with Crippen LogP contribution in [0.1, 0.15) is 41.7 Å². The van der Waals surface area contributed by atoms with Gasteiger partial charge in [0.2, 0.25) is 0 Å². The van der Waals surface area contributed by atoms with E-state index in [0.717, 1.165) is 18.9 Å². The van der Waals surface area contributed by atoms with Crippen LogP contribution in [-0.4, -0.2) is 50.5 Å². The van der Waals surface area contributed by atoms with E-state index in [-0.39, 0.29) is 24.4 Å². The third kappa shape index (κ3) is 4.54. The van der Waals surface area contributed by atoms with Crippen LogP contribution in [0.5, 0.6) is 0 Å². The number of rotatable bonds is 3. The van der Waals surface area contributed by atoms with Crippen LogP contribution in [0, 0.1) is 5.41 Å². The van der Waals surface area contributed by atoms with Gasteiger partial charge in [-0.2, -0.15) is 26.3 Å². The molecular formula is C24H21ClF6N6. The SMILES string of the molecule is FC(F)(F)CN1Cc2cc(Cl)ccc2-n2c(nnc2C2CC3(C2)CN(c2cccc(C(F)(F)F)n2)C3)C1. The second-order valence-electron chi connectivity index (χ2n) is 10.2. The first kappa shape index (κ1) is 24.5. The molecule has 6 rings (SSSR count). The Morgan fingerprint density at radius 1 is 0.973 bits per heavy atom. The first-order chi connectivity index (χ1) is 17.4. The van der Waals surface area contributed by atoms with Crippen molar-refractivity contribution in [2.75, 3.05) is 24.5 Å². The standard InChI is InChI=1S/C24H21ClF6N6/c25-16-4-5-17-14(6-16)9-35(13-23(26,27)28)10-20-33-34-21(37(17)20)15-7-22(8-15)11-36(12-22)19-3-1-2-18(32-19)24(29,30)31/h1-6,15H,7-13H2. The van der Waals surface area contributed by atoms with Gasteiger partial charge in [-0.05, 0) is 48.7 Å². The highest BCUT2D eigenvalue weighted by atomic mass is 35.5. The Balaban J connectivity index is 1.21. The van der Waals surface area contributed by atoms with Crippen LogP contribution in [0.25, 0.3) is 5.69 Å². The van der Waals surface area contributed by atoms with Crippen molar-refractivity contribution in [3.63, 3.8) is 0 Å². The number of alkyl halides is 6. The van der Waals surface area contributed by atoms with Gasteiger partial charge in [-0.25, -0.2) is 4.98 Å². The van der Waals surface area contributed by atoms with Crippen LogP contribution in [0.2, 0.25) is 5.02 Å². The zero-order valence-electron chi connectivity index (χ0n) is 19.3. The quantitative estimate of drug-likeness (QED) is 0.404. The van der Waals surface area contributed by atoms with Crippen LogP contribution in [0.3, 0.4) is 0 Å². The summed E-state index contributed by atoms with van der Waals surface area (Å²) in [5.74, 6) is 1.46. The third-order valence-corrected chi connectivity index (χ3v) is 7.56. The van der Waals surface area contributed by atoms with Gasteiger partial charge in [0.25, 0.3) is 0 Å². The minimum absolute atomic E-state index is 0.00827. The highest BCUT2D eigenvalue weighted by Crippen LogP contribution is 2.56. The largest absolute Gasteiger partial charge is 0.433 e. The normalized spacial score (nSPS) is 19.7. The summed E-state index contributed by atoms with van der Waals surface area (Å²) in [5.41, 5.74) is 0.412. The molecule has 1 saturated heterocycles. The monoisotopic (exact) mass is 542 g/mol. The van der Waals surface area contributed by atoms with E-state index in [0.29, 0.717) is 46.8 Å². The lowest BCUT2D eigenvalue weighted by Gasteiger charge is -2.59. The topological polar surface area (TPSA) is 50.1 Å². The second kappa shape index (κ2) is 8.32. The molecule has 6 nitrogen and oxygen atoms in total. The maximum atomic E-state index is 13.2. The number of hydrogen-bond donors (Lipinski definition) is 0. The Bertz CT molecular complexity index is 1340. The van der Waals surface area contributed by atoms with Gasteiger partial charge < -0.3 is 4.90 Å². The third-order valence-electron chi connectivity index (χ3n) is 7.32. The highest BCUT2D eigenvalue weighted by Gasteiger charge is 2.54. The molecule has 0 N–H and O–H groups in total. The van der Waals surface area contributed by atoms with Crippen LogP contribution in [-0.2, 0) is 19.3 Å². The molecule has 2 aliphatic heterocycles. The summed E-state index contributed by atoms with van der Waals surface area (Å²) in [6, 6.07) is 9.04. The van der Waals surface area contributed by atoms with Gasteiger partial charge in [-0.1, -0.05) is 17.7 Å². The number of hydrogen-bond acceptors (Lipinski definition) is 5. The minimum atomic E-state index is -4.50. The Kier molecular flexibility index (Phi) is 5.50. The fourth-order valence-electron chi connectivity index (χ4n) is 5.83. The molecule has 3 aliphatic rings. The van der Waals surface area contributed by atoms with Crippen LogP contribution >= 0.6 is 11.6 Å². The summed E-state index contributed by atoms with van der Waals surface area (Å²) in [7, 11) is 0. The lowest BCUT2D eigenvalue weighted by Crippen LogP contribution is -2.62. The Morgan fingerprint density at radius 3 is 2.43 bits per heavy atom. The summed E-state index contributed by atoms with van der Waals surface area (Å²) in [4.78, 5) is 6.88. The summed E-state index contributed by atoms with van der Waals surface area (Å²) >= 11 is 6.16. The first-order valence-corrected chi connectivity index (χ1v) is 12.1. The molecule has 37 heavy (non-hydrogen) atoms. The molecule has 0 amide bonds. The molecule has 196 valence electrons. The maximum absolute atomic E-state index is 13.2. The first-order valence-electron chi connectivity index (χ1n) is 11.7. The van der Waals surface area contributed by atoms with E-state index >= 15 is 0 Å². The fourth-order valence-corrected chi connectivity index (χ4v) is 6.02. The summed E-state index contributed by atoms with van der Waals surface area (Å²) in [5, 5.41) is 9.06. The van der Waals surface area contributed by atoms with Gasteiger partial charge in [-0.3, -0.25) is 9.47 Å². The molecule has 2 aromatic heterocycles. The highest BCUT2D eigenvalue weighted by molar-refractivity contribution is 6.30. The van der Waals surface area contributed by atoms with Crippen LogP contribution < -0.4 is 4.90 Å². The molecule has 0 atom stereocenters. The summed E-state index contributed by atoms with van der Waals surface area (Å²) < 4.78 is 80.5. The van der Waals surface area contributed by atoms with E-state index in [1.165, 1.54) is 11.0 Å². The van der Waals surface area contributed by atoms with E-state index in [1.807, 2.05) is 9.47 Å². The van der Waals surface area contributed by atoms with Gasteiger partial charge in [0.1, 0.15) is 17.3 Å². The van der Waals surface area contributed by atoms with Crippen molar-refractivity contribution in [1.29, 1.82) is 0 Å². The average molecular weight is 543 g/mol. The molecule has 0 bridgehead atoms. The van der Waals surface area contributed by atoms with Crippen molar-refractivity contribution < 1.29 is 26.3 Å². The molecule has 1 spiro atoms. The second-order valence-corrected chi connectivity index (χ2v) is 10.6. The fraction of sp³-hybridized carbons (Fsp3) is 0.458. The molecule has 0 unspecified atom stereocenters. The molecule has 0 radical (unpaired) electrons. The number of anilines is 1. The average Bonchev–Trinajstić information content (AvgIpc) is 3.06. The molecule has 1 aliphatic carbocycles.